The first-order chi connectivity index (χ1) is 11.3. The van der Waals surface area contributed by atoms with E-state index in [9.17, 15) is 4.79 Å². The van der Waals surface area contributed by atoms with Gasteiger partial charge in [0.15, 0.2) is 0 Å². The molecule has 0 radical (unpaired) electrons. The van der Waals surface area contributed by atoms with Crippen molar-refractivity contribution in [3.05, 3.63) is 18.2 Å². The Bertz CT molecular complexity index is 513. The van der Waals surface area contributed by atoms with Gasteiger partial charge in [0.1, 0.15) is 5.54 Å². The number of nitrogens with one attached hydrogen (secondary N) is 1. The molecule has 0 atom stereocenters. The van der Waals surface area contributed by atoms with E-state index in [0.29, 0.717) is 6.54 Å². The molecule has 1 N–H and O–H groups in total. The molecule has 1 aromatic heterocycles. The van der Waals surface area contributed by atoms with Gasteiger partial charge in [-0.3, -0.25) is 9.69 Å². The first kappa shape index (κ1) is 16.5. The van der Waals surface area contributed by atoms with Crippen LogP contribution in [-0.4, -0.2) is 39.0 Å². The van der Waals surface area contributed by atoms with Crippen molar-refractivity contribution in [2.45, 2.75) is 76.9 Å². The number of likely N-dealkylation sites (tertiary alicyclic amines) is 1. The Morgan fingerprint density at radius 1 is 1.17 bits per heavy atom. The van der Waals surface area contributed by atoms with Gasteiger partial charge in [-0.25, -0.2) is 4.98 Å². The molecule has 0 bridgehead atoms. The third-order valence-corrected chi connectivity index (χ3v) is 5.63. The summed E-state index contributed by atoms with van der Waals surface area (Å²) in [6.07, 6.45) is 13.1. The molecule has 1 saturated heterocycles. The summed E-state index contributed by atoms with van der Waals surface area (Å²) in [7, 11) is 0. The Morgan fingerprint density at radius 3 is 2.57 bits per heavy atom. The summed E-state index contributed by atoms with van der Waals surface area (Å²) in [4.78, 5) is 19.8. The van der Waals surface area contributed by atoms with Crippen molar-refractivity contribution in [1.29, 1.82) is 0 Å². The molecular formula is C18H30N4O. The van der Waals surface area contributed by atoms with Crippen molar-refractivity contribution in [3.63, 3.8) is 0 Å². The van der Waals surface area contributed by atoms with E-state index in [-0.39, 0.29) is 11.4 Å². The summed E-state index contributed by atoms with van der Waals surface area (Å²) in [5.41, 5.74) is 0.834. The maximum Gasteiger partial charge on any atom is 0.240 e. The van der Waals surface area contributed by atoms with Crippen molar-refractivity contribution in [1.82, 2.24) is 19.8 Å². The Labute approximate surface area is 139 Å². The maximum atomic E-state index is 13.1. The zero-order valence-corrected chi connectivity index (χ0v) is 14.4. The van der Waals surface area contributed by atoms with E-state index < -0.39 is 0 Å². The van der Waals surface area contributed by atoms with Gasteiger partial charge in [0.05, 0.1) is 18.6 Å². The number of hydrogen-bond acceptors (Lipinski definition) is 3. The van der Waals surface area contributed by atoms with Crippen LogP contribution in [0.25, 0.3) is 0 Å². The van der Waals surface area contributed by atoms with Crippen LogP contribution in [0, 0.1) is 0 Å². The fourth-order valence-electron chi connectivity index (χ4n) is 4.26. The lowest BCUT2D eigenvalue weighted by molar-refractivity contribution is -0.137. The van der Waals surface area contributed by atoms with Crippen molar-refractivity contribution in [2.75, 3.05) is 13.1 Å². The molecule has 3 rings (SSSR count). The molecule has 0 spiro atoms. The van der Waals surface area contributed by atoms with Gasteiger partial charge in [-0.2, -0.15) is 0 Å². The Morgan fingerprint density at radius 2 is 1.87 bits per heavy atom. The molecule has 1 aliphatic heterocycles. The number of amides is 1. The molecule has 5 nitrogen and oxygen atoms in total. The lowest BCUT2D eigenvalue weighted by Crippen LogP contribution is -2.60. The number of aryl methyl sites for hydroxylation is 1. The maximum absolute atomic E-state index is 13.1. The summed E-state index contributed by atoms with van der Waals surface area (Å²) in [5, 5.41) is 3.23. The molecule has 1 amide bonds. The summed E-state index contributed by atoms with van der Waals surface area (Å²) < 4.78 is 2.09. The van der Waals surface area contributed by atoms with Gasteiger partial charge in [0, 0.05) is 12.7 Å². The monoisotopic (exact) mass is 318 g/mol. The molecule has 0 aromatic carbocycles. The second kappa shape index (κ2) is 7.47. The van der Waals surface area contributed by atoms with Gasteiger partial charge in [-0.05, 0) is 45.7 Å². The highest BCUT2D eigenvalue weighted by atomic mass is 16.2. The lowest BCUT2D eigenvalue weighted by atomic mass is 9.78. The zero-order valence-electron chi connectivity index (χ0n) is 14.4. The normalized spacial score (nSPS) is 22.0. The highest BCUT2D eigenvalue weighted by molar-refractivity contribution is 5.86. The minimum Gasteiger partial charge on any atom is -0.349 e. The smallest absolute Gasteiger partial charge is 0.240 e. The molecule has 0 unspecified atom stereocenters. The molecule has 2 heterocycles. The standard InChI is InChI=1S/C18H30N4O/c1-2-21-15-19-13-16(21)14-20-17(23)18(9-5-3-6-10-18)22-11-7-4-8-12-22/h13,15H,2-12,14H2,1H3,(H,20,23). The highest BCUT2D eigenvalue weighted by Gasteiger charge is 2.44. The third-order valence-electron chi connectivity index (χ3n) is 5.63. The van der Waals surface area contributed by atoms with Crippen molar-refractivity contribution in [3.8, 4) is 0 Å². The van der Waals surface area contributed by atoms with Gasteiger partial charge in [0.2, 0.25) is 5.91 Å². The van der Waals surface area contributed by atoms with Gasteiger partial charge in [0.25, 0.3) is 0 Å². The minimum atomic E-state index is -0.254. The summed E-state index contributed by atoms with van der Waals surface area (Å²) in [6, 6.07) is 0. The topological polar surface area (TPSA) is 50.2 Å². The van der Waals surface area contributed by atoms with Gasteiger partial charge in [-0.15, -0.1) is 0 Å². The predicted octanol–water partition coefficient (Wildman–Crippen LogP) is 2.71. The quantitative estimate of drug-likeness (QED) is 0.908. The van der Waals surface area contributed by atoms with Gasteiger partial charge in [-0.1, -0.05) is 25.7 Å². The minimum absolute atomic E-state index is 0.239. The Hall–Kier alpha value is -1.36. The number of rotatable bonds is 5. The summed E-state index contributed by atoms with van der Waals surface area (Å²) >= 11 is 0. The fraction of sp³-hybridized carbons (Fsp3) is 0.778. The number of imidazole rings is 1. The lowest BCUT2D eigenvalue weighted by Gasteiger charge is -2.46. The van der Waals surface area contributed by atoms with Crippen LogP contribution < -0.4 is 5.32 Å². The first-order valence-electron chi connectivity index (χ1n) is 9.28. The molecule has 2 fully saturated rings. The van der Waals surface area contributed by atoms with Crippen LogP contribution in [0.4, 0.5) is 0 Å². The SMILES string of the molecule is CCn1cncc1CNC(=O)C1(N2CCCCC2)CCCCC1. The van der Waals surface area contributed by atoms with E-state index in [4.69, 9.17) is 0 Å². The zero-order chi connectivity index (χ0) is 16.1. The van der Waals surface area contributed by atoms with Crippen LogP contribution in [0.15, 0.2) is 12.5 Å². The van der Waals surface area contributed by atoms with E-state index in [2.05, 4.69) is 26.7 Å². The fourth-order valence-corrected chi connectivity index (χ4v) is 4.26. The predicted molar refractivity (Wildman–Crippen MR) is 91.0 cm³/mol. The van der Waals surface area contributed by atoms with E-state index in [0.717, 1.165) is 38.2 Å². The number of piperidine rings is 1. The number of hydrogen-bond donors (Lipinski definition) is 1. The Kier molecular flexibility index (Phi) is 5.36. The van der Waals surface area contributed by atoms with E-state index in [1.165, 1.54) is 38.5 Å². The second-order valence-corrected chi connectivity index (χ2v) is 6.99. The van der Waals surface area contributed by atoms with Gasteiger partial charge >= 0.3 is 0 Å². The van der Waals surface area contributed by atoms with Crippen LogP contribution in [0.2, 0.25) is 0 Å². The van der Waals surface area contributed by atoms with Crippen molar-refractivity contribution >= 4 is 5.91 Å². The number of carbonyl (C=O) groups is 1. The summed E-state index contributed by atoms with van der Waals surface area (Å²) in [5.74, 6) is 0.239. The molecular weight excluding hydrogens is 288 g/mol. The molecule has 1 aromatic rings. The van der Waals surface area contributed by atoms with Crippen LogP contribution in [0.1, 0.15) is 64.0 Å². The number of carbonyl (C=O) groups excluding carboxylic acids is 1. The molecule has 128 valence electrons. The largest absolute Gasteiger partial charge is 0.349 e. The third kappa shape index (κ3) is 3.44. The van der Waals surface area contributed by atoms with Crippen LogP contribution in [-0.2, 0) is 17.9 Å². The second-order valence-electron chi connectivity index (χ2n) is 6.99. The molecule has 23 heavy (non-hydrogen) atoms. The van der Waals surface area contributed by atoms with Crippen LogP contribution in [0.5, 0.6) is 0 Å². The molecule has 1 saturated carbocycles. The molecule has 2 aliphatic rings. The number of nitrogens with zero attached hydrogens (tertiary/aromatic N) is 3. The van der Waals surface area contributed by atoms with E-state index in [1.807, 2.05) is 12.5 Å². The molecule has 5 heteroatoms. The van der Waals surface area contributed by atoms with Crippen molar-refractivity contribution in [2.24, 2.45) is 0 Å². The van der Waals surface area contributed by atoms with Crippen LogP contribution in [0.3, 0.4) is 0 Å². The van der Waals surface area contributed by atoms with E-state index in [1.54, 1.807) is 0 Å². The average molecular weight is 318 g/mol. The molecule has 1 aliphatic carbocycles. The van der Waals surface area contributed by atoms with Crippen molar-refractivity contribution < 1.29 is 4.79 Å². The highest BCUT2D eigenvalue weighted by Crippen LogP contribution is 2.35. The summed E-state index contributed by atoms with van der Waals surface area (Å²) in [6.45, 7) is 5.74. The van der Waals surface area contributed by atoms with E-state index >= 15 is 0 Å². The van der Waals surface area contributed by atoms with Crippen LogP contribution >= 0.6 is 0 Å². The first-order valence-corrected chi connectivity index (χ1v) is 9.28. The van der Waals surface area contributed by atoms with Gasteiger partial charge < -0.3 is 9.88 Å². The Balaban J connectivity index is 1.70. The number of aromatic nitrogens is 2. The average Bonchev–Trinajstić information content (AvgIpc) is 3.08.